The summed E-state index contributed by atoms with van der Waals surface area (Å²) in [4.78, 5) is 0. The highest BCUT2D eigenvalue weighted by Crippen LogP contribution is 2.31. The zero-order valence-electron chi connectivity index (χ0n) is 14.4. The van der Waals surface area contributed by atoms with Crippen LogP contribution in [-0.2, 0) is 6.61 Å². The van der Waals surface area contributed by atoms with Gasteiger partial charge in [-0.15, -0.1) is 0 Å². The minimum absolute atomic E-state index is 0.437. The van der Waals surface area contributed by atoms with Gasteiger partial charge in [-0.1, -0.05) is 52.3 Å². The molecule has 5 heteroatoms. The first-order valence-corrected chi connectivity index (χ1v) is 8.94. The Hall–Kier alpha value is -2.79. The summed E-state index contributed by atoms with van der Waals surface area (Å²) in [5, 5.41) is 4.30. The molecule has 4 nitrogen and oxygen atoms in total. The summed E-state index contributed by atoms with van der Waals surface area (Å²) >= 11 is 3.48. The molecule has 0 unspecified atom stereocenters. The molecule has 0 aliphatic heterocycles. The van der Waals surface area contributed by atoms with Crippen molar-refractivity contribution in [2.24, 2.45) is 5.10 Å². The highest BCUT2D eigenvalue weighted by atomic mass is 79.9. The van der Waals surface area contributed by atoms with Crippen molar-refractivity contribution in [2.75, 3.05) is 12.5 Å². The van der Waals surface area contributed by atoms with Crippen LogP contribution in [0.15, 0.2) is 82.4 Å². The fraction of sp³-hybridized carbons (Fsp3) is 0.0952. The summed E-state index contributed by atoms with van der Waals surface area (Å²) in [5.41, 5.74) is 5.83. The van der Waals surface area contributed by atoms with E-state index in [0.29, 0.717) is 18.1 Å². The van der Waals surface area contributed by atoms with E-state index in [0.717, 1.165) is 21.3 Å². The van der Waals surface area contributed by atoms with Crippen LogP contribution in [0.5, 0.6) is 11.5 Å². The van der Waals surface area contributed by atoms with Crippen LogP contribution >= 0.6 is 15.9 Å². The molecule has 0 spiro atoms. The Kier molecular flexibility index (Phi) is 6.28. The third-order valence-corrected chi connectivity index (χ3v) is 4.17. The Bertz CT molecular complexity index is 882. The van der Waals surface area contributed by atoms with Gasteiger partial charge >= 0.3 is 0 Å². The fourth-order valence-electron chi connectivity index (χ4n) is 2.42. The first-order valence-electron chi connectivity index (χ1n) is 8.14. The van der Waals surface area contributed by atoms with Crippen LogP contribution in [0.3, 0.4) is 0 Å². The first-order chi connectivity index (χ1) is 12.8. The maximum atomic E-state index is 6.04. The SMILES string of the molecule is COc1cccc(C=NNc2ccccc2)c1OCc1cccc(Br)c1. The van der Waals surface area contributed by atoms with E-state index >= 15 is 0 Å². The summed E-state index contributed by atoms with van der Waals surface area (Å²) in [5.74, 6) is 1.33. The van der Waals surface area contributed by atoms with Gasteiger partial charge in [0.25, 0.3) is 0 Å². The molecule has 0 heterocycles. The molecule has 0 saturated heterocycles. The number of ether oxygens (including phenoxy) is 2. The van der Waals surface area contributed by atoms with E-state index < -0.39 is 0 Å². The lowest BCUT2D eigenvalue weighted by molar-refractivity contribution is 0.284. The molecule has 1 N–H and O–H groups in total. The molecule has 0 bridgehead atoms. The number of hydrogen-bond donors (Lipinski definition) is 1. The molecule has 3 aromatic rings. The summed E-state index contributed by atoms with van der Waals surface area (Å²) in [6.07, 6.45) is 1.73. The molecule has 0 aromatic heterocycles. The maximum absolute atomic E-state index is 6.04. The Morgan fingerprint density at radius 1 is 1.00 bits per heavy atom. The van der Waals surface area contributed by atoms with Crippen LogP contribution in [0, 0.1) is 0 Å². The lowest BCUT2D eigenvalue weighted by Gasteiger charge is -2.13. The standard InChI is InChI=1S/C21H19BrN2O2/c1-25-20-12-6-8-17(14-23-24-19-10-3-2-4-11-19)21(20)26-15-16-7-5-9-18(22)13-16/h2-14,24H,15H2,1H3. The topological polar surface area (TPSA) is 42.8 Å². The highest BCUT2D eigenvalue weighted by Gasteiger charge is 2.10. The van der Waals surface area contributed by atoms with Gasteiger partial charge in [0, 0.05) is 10.0 Å². The average Bonchev–Trinajstić information content (AvgIpc) is 2.67. The number of nitrogens with one attached hydrogen (secondary N) is 1. The lowest BCUT2D eigenvalue weighted by Crippen LogP contribution is -2.01. The van der Waals surface area contributed by atoms with Crippen LogP contribution in [-0.4, -0.2) is 13.3 Å². The number of nitrogens with zero attached hydrogens (tertiary/aromatic N) is 1. The lowest BCUT2D eigenvalue weighted by atomic mass is 10.2. The van der Waals surface area contributed by atoms with Crippen LogP contribution < -0.4 is 14.9 Å². The Labute approximate surface area is 161 Å². The number of halogens is 1. The van der Waals surface area contributed by atoms with Crippen molar-refractivity contribution in [3.63, 3.8) is 0 Å². The molecule has 26 heavy (non-hydrogen) atoms. The molecular weight excluding hydrogens is 392 g/mol. The van der Waals surface area contributed by atoms with Crippen molar-refractivity contribution in [2.45, 2.75) is 6.61 Å². The molecule has 0 fully saturated rings. The number of rotatable bonds is 7. The van der Waals surface area contributed by atoms with E-state index in [4.69, 9.17) is 9.47 Å². The minimum Gasteiger partial charge on any atom is -0.493 e. The number of benzene rings is 3. The molecule has 0 saturated carbocycles. The number of methoxy groups -OCH3 is 1. The third-order valence-electron chi connectivity index (χ3n) is 3.67. The van der Waals surface area contributed by atoms with Gasteiger partial charge in [-0.2, -0.15) is 5.10 Å². The van der Waals surface area contributed by atoms with E-state index in [-0.39, 0.29) is 0 Å². The maximum Gasteiger partial charge on any atom is 0.170 e. The second-order valence-electron chi connectivity index (χ2n) is 5.53. The number of anilines is 1. The normalized spacial score (nSPS) is 10.7. The van der Waals surface area contributed by atoms with Gasteiger partial charge in [0.15, 0.2) is 11.5 Å². The predicted octanol–water partition coefficient (Wildman–Crippen LogP) is 5.48. The first kappa shape index (κ1) is 18.0. The zero-order valence-corrected chi connectivity index (χ0v) is 15.9. The second-order valence-corrected chi connectivity index (χ2v) is 6.45. The smallest absolute Gasteiger partial charge is 0.170 e. The van der Waals surface area contributed by atoms with Crippen molar-refractivity contribution in [1.82, 2.24) is 0 Å². The van der Waals surface area contributed by atoms with Gasteiger partial charge < -0.3 is 9.47 Å². The highest BCUT2D eigenvalue weighted by molar-refractivity contribution is 9.10. The van der Waals surface area contributed by atoms with Crippen molar-refractivity contribution < 1.29 is 9.47 Å². The molecule has 0 aliphatic rings. The van der Waals surface area contributed by atoms with Crippen molar-refractivity contribution in [3.8, 4) is 11.5 Å². The Morgan fingerprint density at radius 2 is 1.81 bits per heavy atom. The van der Waals surface area contributed by atoms with Gasteiger partial charge in [0.2, 0.25) is 0 Å². The predicted molar refractivity (Wildman–Crippen MR) is 109 cm³/mol. The minimum atomic E-state index is 0.437. The van der Waals surface area contributed by atoms with Gasteiger partial charge in [0.05, 0.1) is 19.0 Å². The van der Waals surface area contributed by atoms with Crippen LogP contribution in [0.25, 0.3) is 0 Å². The van der Waals surface area contributed by atoms with Gasteiger partial charge in [-0.25, -0.2) is 0 Å². The van der Waals surface area contributed by atoms with E-state index in [9.17, 15) is 0 Å². The summed E-state index contributed by atoms with van der Waals surface area (Å²) in [7, 11) is 1.63. The summed E-state index contributed by atoms with van der Waals surface area (Å²) in [6, 6.07) is 23.5. The van der Waals surface area contributed by atoms with Crippen LogP contribution in [0.1, 0.15) is 11.1 Å². The van der Waals surface area contributed by atoms with Crippen LogP contribution in [0.2, 0.25) is 0 Å². The molecule has 0 atom stereocenters. The quantitative estimate of drug-likeness (QED) is 0.414. The van der Waals surface area contributed by atoms with Crippen LogP contribution in [0.4, 0.5) is 5.69 Å². The van der Waals surface area contributed by atoms with Crippen molar-refractivity contribution in [1.29, 1.82) is 0 Å². The molecule has 132 valence electrons. The number of para-hydroxylation sites is 2. The molecular formula is C21H19BrN2O2. The number of hydrazone groups is 1. The van der Waals surface area contributed by atoms with Gasteiger partial charge in [-0.3, -0.25) is 5.43 Å². The van der Waals surface area contributed by atoms with Crippen molar-refractivity contribution >= 4 is 27.8 Å². The molecule has 0 radical (unpaired) electrons. The fourth-order valence-corrected chi connectivity index (χ4v) is 2.87. The Morgan fingerprint density at radius 3 is 2.58 bits per heavy atom. The molecule has 3 aromatic carbocycles. The third kappa shape index (κ3) is 4.86. The summed E-state index contributed by atoms with van der Waals surface area (Å²) in [6.45, 7) is 0.437. The van der Waals surface area contributed by atoms with E-state index in [2.05, 4.69) is 26.5 Å². The van der Waals surface area contributed by atoms with E-state index in [1.165, 1.54) is 0 Å². The largest absolute Gasteiger partial charge is 0.493 e. The van der Waals surface area contributed by atoms with Crippen molar-refractivity contribution in [3.05, 3.63) is 88.4 Å². The molecule has 0 aliphatic carbocycles. The zero-order chi connectivity index (χ0) is 18.2. The Balaban J connectivity index is 1.77. The molecule has 0 amide bonds. The van der Waals surface area contributed by atoms with E-state index in [1.54, 1.807) is 13.3 Å². The van der Waals surface area contributed by atoms with E-state index in [1.807, 2.05) is 72.8 Å². The second kappa shape index (κ2) is 9.06. The average molecular weight is 411 g/mol. The monoisotopic (exact) mass is 410 g/mol. The molecule has 3 rings (SSSR count). The summed E-state index contributed by atoms with van der Waals surface area (Å²) < 4.78 is 12.5. The van der Waals surface area contributed by atoms with Gasteiger partial charge in [-0.05, 0) is 42.0 Å². The van der Waals surface area contributed by atoms with Gasteiger partial charge in [0.1, 0.15) is 6.61 Å². The number of hydrogen-bond acceptors (Lipinski definition) is 4.